The summed E-state index contributed by atoms with van der Waals surface area (Å²) in [4.78, 5) is 0. The van der Waals surface area contributed by atoms with E-state index in [9.17, 15) is 0 Å². The highest BCUT2D eigenvalue weighted by Gasteiger charge is 2.15. The third-order valence-electron chi connectivity index (χ3n) is 5.17. The first kappa shape index (κ1) is 15.9. The highest BCUT2D eigenvalue weighted by atomic mass is 14.2. The Morgan fingerprint density at radius 3 is 1.37 bits per heavy atom. The first-order valence-electron chi connectivity index (χ1n) is 9.18. The second-order valence-corrected chi connectivity index (χ2v) is 6.83. The van der Waals surface area contributed by atoms with Crippen molar-refractivity contribution in [3.63, 3.8) is 0 Å². The number of fused-ring (bicyclic) bond motifs is 2. The molecule has 0 aromatic heterocycles. The maximum atomic E-state index is 6.11. The van der Waals surface area contributed by atoms with Crippen LogP contribution >= 0.6 is 0 Å². The van der Waals surface area contributed by atoms with E-state index in [0.29, 0.717) is 0 Å². The quantitative estimate of drug-likeness (QED) is 0.268. The molecule has 0 aliphatic rings. The van der Waals surface area contributed by atoms with Gasteiger partial charge in [0, 0.05) is 0 Å². The van der Waals surface area contributed by atoms with E-state index >= 15 is 0 Å². The van der Waals surface area contributed by atoms with E-state index < -0.39 is 0 Å². The van der Waals surface area contributed by atoms with Crippen LogP contribution in [0.3, 0.4) is 0 Å². The van der Waals surface area contributed by atoms with Crippen molar-refractivity contribution in [2.24, 2.45) is 0 Å². The van der Waals surface area contributed by atoms with Gasteiger partial charge in [-0.3, -0.25) is 0 Å². The average Bonchev–Trinajstić information content (AvgIpc) is 2.72. The zero-order valence-corrected chi connectivity index (χ0v) is 14.9. The summed E-state index contributed by atoms with van der Waals surface area (Å²) in [5.41, 5.74) is 5.71. The second kappa shape index (κ2) is 6.44. The van der Waals surface area contributed by atoms with Crippen LogP contribution in [0.5, 0.6) is 0 Å². The Hall–Kier alpha value is -3.32. The van der Waals surface area contributed by atoms with Gasteiger partial charge in [0.05, 0.1) is 0 Å². The molecule has 0 nitrogen and oxygen atoms in total. The molecular formula is C26H17B. The maximum Gasteiger partial charge on any atom is 0.113 e. The van der Waals surface area contributed by atoms with Crippen molar-refractivity contribution in [1.82, 2.24) is 0 Å². The fraction of sp³-hybridized carbons (Fsp3) is 0. The zero-order valence-electron chi connectivity index (χ0n) is 14.9. The zero-order chi connectivity index (χ0) is 18.2. The van der Waals surface area contributed by atoms with Crippen molar-refractivity contribution >= 4 is 34.9 Å². The fourth-order valence-corrected chi connectivity index (χ4v) is 4.05. The number of benzene rings is 5. The van der Waals surface area contributed by atoms with Crippen molar-refractivity contribution in [1.29, 1.82) is 0 Å². The van der Waals surface area contributed by atoms with Crippen molar-refractivity contribution in [2.45, 2.75) is 0 Å². The van der Waals surface area contributed by atoms with Crippen molar-refractivity contribution in [3.8, 4) is 22.3 Å². The standard InChI is InChI=1S/C26H17B/c27-20-12-8-11-19(17-20)26-23-15-6-4-13-21(23)25(18-9-2-1-3-10-18)22-14-5-7-16-24(22)26/h1-17H. The summed E-state index contributed by atoms with van der Waals surface area (Å²) in [7, 11) is 6.11. The van der Waals surface area contributed by atoms with Crippen LogP contribution in [0.15, 0.2) is 103 Å². The van der Waals surface area contributed by atoms with Crippen LogP contribution in [0, 0.1) is 0 Å². The van der Waals surface area contributed by atoms with Gasteiger partial charge >= 0.3 is 0 Å². The Balaban J connectivity index is 2.01. The molecule has 124 valence electrons. The average molecular weight is 340 g/mol. The molecule has 0 N–H and O–H groups in total. The monoisotopic (exact) mass is 340 g/mol. The van der Waals surface area contributed by atoms with Crippen LogP contribution in [0.4, 0.5) is 0 Å². The molecule has 2 radical (unpaired) electrons. The van der Waals surface area contributed by atoms with Crippen molar-refractivity contribution < 1.29 is 0 Å². The van der Waals surface area contributed by atoms with Gasteiger partial charge in [-0.1, -0.05) is 109 Å². The van der Waals surface area contributed by atoms with Gasteiger partial charge in [-0.05, 0) is 43.8 Å². The molecule has 5 aromatic carbocycles. The van der Waals surface area contributed by atoms with Gasteiger partial charge in [-0.25, -0.2) is 0 Å². The molecule has 5 aromatic rings. The van der Waals surface area contributed by atoms with E-state index in [2.05, 4.69) is 91.0 Å². The molecule has 0 heterocycles. The fourth-order valence-electron chi connectivity index (χ4n) is 4.05. The van der Waals surface area contributed by atoms with E-state index in [0.717, 1.165) is 11.0 Å². The number of hydrogen-bond donors (Lipinski definition) is 0. The minimum atomic E-state index is 0.785. The van der Waals surface area contributed by atoms with E-state index in [4.69, 9.17) is 7.85 Å². The Morgan fingerprint density at radius 2 is 0.852 bits per heavy atom. The lowest BCUT2D eigenvalue weighted by Gasteiger charge is -2.17. The molecule has 0 fully saturated rings. The third kappa shape index (κ3) is 2.64. The van der Waals surface area contributed by atoms with Crippen LogP contribution in [-0.4, -0.2) is 7.85 Å². The number of hydrogen-bond acceptors (Lipinski definition) is 0. The largest absolute Gasteiger partial charge is 0.113 e. The summed E-state index contributed by atoms with van der Waals surface area (Å²) in [5.74, 6) is 0. The topological polar surface area (TPSA) is 0 Å². The first-order chi connectivity index (χ1) is 13.3. The molecule has 0 aliphatic carbocycles. The van der Waals surface area contributed by atoms with Gasteiger partial charge in [0.25, 0.3) is 0 Å². The van der Waals surface area contributed by atoms with Gasteiger partial charge in [-0.2, -0.15) is 0 Å². The maximum absolute atomic E-state index is 6.11. The van der Waals surface area contributed by atoms with Gasteiger partial charge in [0.1, 0.15) is 7.85 Å². The summed E-state index contributed by atoms with van der Waals surface area (Å²) >= 11 is 0. The summed E-state index contributed by atoms with van der Waals surface area (Å²) < 4.78 is 0. The van der Waals surface area contributed by atoms with E-state index in [1.54, 1.807) is 0 Å². The molecule has 0 saturated carbocycles. The Labute approximate surface area is 160 Å². The van der Waals surface area contributed by atoms with Crippen LogP contribution in [-0.2, 0) is 0 Å². The van der Waals surface area contributed by atoms with Crippen LogP contribution in [0.1, 0.15) is 0 Å². The summed E-state index contributed by atoms with van der Waals surface area (Å²) in [6, 6.07) is 36.2. The van der Waals surface area contributed by atoms with Crippen molar-refractivity contribution in [3.05, 3.63) is 103 Å². The molecule has 0 unspecified atom stereocenters. The molecule has 0 amide bonds. The predicted molar refractivity (Wildman–Crippen MR) is 118 cm³/mol. The molecule has 0 aliphatic heterocycles. The van der Waals surface area contributed by atoms with Gasteiger partial charge in [0.15, 0.2) is 0 Å². The molecule has 27 heavy (non-hydrogen) atoms. The summed E-state index contributed by atoms with van der Waals surface area (Å²) in [5, 5.41) is 5.03. The second-order valence-electron chi connectivity index (χ2n) is 6.83. The SMILES string of the molecule is [B]c1cccc(-c2c3ccccc3c(-c3ccccc3)c3ccccc23)c1. The van der Waals surface area contributed by atoms with E-state index in [1.165, 1.54) is 38.2 Å². The van der Waals surface area contributed by atoms with Crippen LogP contribution in [0.2, 0.25) is 0 Å². The highest BCUT2D eigenvalue weighted by Crippen LogP contribution is 2.43. The first-order valence-corrected chi connectivity index (χ1v) is 9.18. The molecule has 0 atom stereocenters. The minimum absolute atomic E-state index is 0.785. The van der Waals surface area contributed by atoms with E-state index in [1.807, 2.05) is 12.1 Å². The van der Waals surface area contributed by atoms with Gasteiger partial charge in [-0.15, -0.1) is 0 Å². The Bertz CT molecular complexity index is 1210. The summed E-state index contributed by atoms with van der Waals surface area (Å²) in [6.45, 7) is 0. The smallest absolute Gasteiger partial charge is 0.0961 e. The van der Waals surface area contributed by atoms with Crippen LogP contribution < -0.4 is 5.46 Å². The van der Waals surface area contributed by atoms with Crippen molar-refractivity contribution in [2.75, 3.05) is 0 Å². The number of rotatable bonds is 2. The lowest BCUT2D eigenvalue weighted by Crippen LogP contribution is -2.01. The van der Waals surface area contributed by atoms with Gasteiger partial charge in [0.2, 0.25) is 0 Å². The molecule has 0 saturated heterocycles. The Morgan fingerprint density at radius 1 is 0.407 bits per heavy atom. The van der Waals surface area contributed by atoms with Gasteiger partial charge < -0.3 is 0 Å². The summed E-state index contributed by atoms with van der Waals surface area (Å²) in [6.07, 6.45) is 0. The van der Waals surface area contributed by atoms with Crippen LogP contribution in [0.25, 0.3) is 43.8 Å². The normalized spacial score (nSPS) is 11.1. The lowest BCUT2D eigenvalue weighted by molar-refractivity contribution is 1.66. The lowest BCUT2D eigenvalue weighted by atomic mass is 9.84. The molecule has 1 heteroatoms. The molecule has 0 bridgehead atoms. The minimum Gasteiger partial charge on any atom is -0.0961 e. The highest BCUT2D eigenvalue weighted by molar-refractivity contribution is 6.33. The molecule has 5 rings (SSSR count). The molecule has 0 spiro atoms. The Kier molecular flexibility index (Phi) is 3.80. The molecular weight excluding hydrogens is 323 g/mol. The predicted octanol–water partition coefficient (Wildman–Crippen LogP) is 6.12. The third-order valence-corrected chi connectivity index (χ3v) is 5.17. The van der Waals surface area contributed by atoms with E-state index in [-0.39, 0.29) is 0 Å².